The summed E-state index contributed by atoms with van der Waals surface area (Å²) in [6.45, 7) is 1.32. The molecule has 28 heavy (non-hydrogen) atoms. The summed E-state index contributed by atoms with van der Waals surface area (Å²) in [6, 6.07) is 14.1. The van der Waals surface area contributed by atoms with Crippen molar-refractivity contribution in [2.75, 3.05) is 13.2 Å². The molecule has 1 saturated heterocycles. The minimum atomic E-state index is -0.519. The van der Waals surface area contributed by atoms with Crippen LogP contribution in [0.3, 0.4) is 0 Å². The van der Waals surface area contributed by atoms with Gasteiger partial charge in [0.2, 0.25) is 0 Å². The summed E-state index contributed by atoms with van der Waals surface area (Å²) in [5.74, 6) is -0.858. The van der Waals surface area contributed by atoms with Crippen LogP contribution in [0.1, 0.15) is 48.0 Å². The Morgan fingerprint density at radius 2 is 2.04 bits per heavy atom. The van der Waals surface area contributed by atoms with E-state index in [0.29, 0.717) is 17.5 Å². The van der Waals surface area contributed by atoms with Gasteiger partial charge in [0.05, 0.1) is 12.2 Å². The fourth-order valence-corrected chi connectivity index (χ4v) is 3.56. The van der Waals surface area contributed by atoms with Gasteiger partial charge in [-0.15, -0.1) is 0 Å². The summed E-state index contributed by atoms with van der Waals surface area (Å²) in [5.41, 5.74) is 1.90. The summed E-state index contributed by atoms with van der Waals surface area (Å²) in [4.78, 5) is 12.7. The van der Waals surface area contributed by atoms with Crippen molar-refractivity contribution >= 4 is 27.3 Å². The third-order valence-electron chi connectivity index (χ3n) is 4.68. The number of carbonyl (C=O) groups is 1. The van der Waals surface area contributed by atoms with Gasteiger partial charge >= 0.3 is 0 Å². The van der Waals surface area contributed by atoms with Crippen LogP contribution in [0.4, 0.5) is 4.39 Å². The Balaban J connectivity index is 1.69. The molecule has 0 aliphatic carbocycles. The molecular weight excluding hydrogens is 423 g/mol. The van der Waals surface area contributed by atoms with E-state index in [-0.39, 0.29) is 17.6 Å². The van der Waals surface area contributed by atoms with Crippen molar-refractivity contribution in [3.8, 4) is 0 Å². The largest absolute Gasteiger partial charge is 0.353 e. The lowest BCUT2D eigenvalue weighted by atomic mass is 9.98. The Kier molecular flexibility index (Phi) is 7.95. The van der Waals surface area contributed by atoms with Crippen LogP contribution < -0.4 is 0 Å². The van der Waals surface area contributed by atoms with Crippen molar-refractivity contribution in [3.05, 3.63) is 76.0 Å². The van der Waals surface area contributed by atoms with Crippen LogP contribution in [0.15, 0.2) is 59.1 Å². The van der Waals surface area contributed by atoms with Gasteiger partial charge in [0.15, 0.2) is 12.1 Å². The van der Waals surface area contributed by atoms with Crippen molar-refractivity contribution in [2.45, 2.75) is 38.4 Å². The van der Waals surface area contributed by atoms with E-state index in [1.54, 1.807) is 6.07 Å². The van der Waals surface area contributed by atoms with Crippen LogP contribution in [0, 0.1) is 5.82 Å². The Labute approximate surface area is 173 Å². The van der Waals surface area contributed by atoms with Gasteiger partial charge in [0, 0.05) is 11.1 Å². The van der Waals surface area contributed by atoms with E-state index in [9.17, 15) is 9.18 Å². The molecule has 1 fully saturated rings. The summed E-state index contributed by atoms with van der Waals surface area (Å²) in [7, 11) is 0. The number of ether oxygens (including phenoxy) is 2. The smallest absolute Gasteiger partial charge is 0.189 e. The van der Waals surface area contributed by atoms with E-state index >= 15 is 0 Å². The molecule has 1 unspecified atom stereocenters. The van der Waals surface area contributed by atoms with Gasteiger partial charge in [-0.05, 0) is 67.5 Å². The highest BCUT2D eigenvalue weighted by Gasteiger charge is 2.15. The molecule has 0 amide bonds. The normalized spacial score (nSPS) is 17.5. The second kappa shape index (κ2) is 10.6. The molecule has 2 aromatic carbocycles. The lowest BCUT2D eigenvalue weighted by molar-refractivity contribution is -0.162. The van der Waals surface area contributed by atoms with Crippen LogP contribution in [0.25, 0.3) is 5.57 Å². The van der Waals surface area contributed by atoms with Crippen LogP contribution in [-0.2, 0) is 9.47 Å². The fraction of sp³-hybridized carbons (Fsp3) is 0.348. The second-order valence-electron chi connectivity index (χ2n) is 6.79. The molecule has 3 rings (SSSR count). The first-order valence-electron chi connectivity index (χ1n) is 9.62. The number of hydrogen-bond acceptors (Lipinski definition) is 3. The minimum absolute atomic E-state index is 0.0645. The van der Waals surface area contributed by atoms with Crippen LogP contribution in [0.5, 0.6) is 0 Å². The highest BCUT2D eigenvalue weighted by atomic mass is 79.9. The Hall–Kier alpha value is -1.82. The molecule has 1 aliphatic rings. The number of halogens is 2. The highest BCUT2D eigenvalue weighted by molar-refractivity contribution is 9.10. The van der Waals surface area contributed by atoms with E-state index in [4.69, 9.17) is 9.47 Å². The van der Waals surface area contributed by atoms with Gasteiger partial charge in [-0.3, -0.25) is 4.79 Å². The molecule has 0 bridgehead atoms. The minimum Gasteiger partial charge on any atom is -0.353 e. The number of ketones is 1. The fourth-order valence-electron chi connectivity index (χ4n) is 3.19. The topological polar surface area (TPSA) is 35.5 Å². The molecule has 0 aromatic heterocycles. The first-order valence-corrected chi connectivity index (χ1v) is 10.4. The van der Waals surface area contributed by atoms with Gasteiger partial charge in [-0.25, -0.2) is 4.39 Å². The van der Waals surface area contributed by atoms with E-state index in [1.165, 1.54) is 18.2 Å². The number of carbonyl (C=O) groups excluding carboxylic acids is 1. The number of rotatable bonds is 8. The van der Waals surface area contributed by atoms with Crippen LogP contribution in [-0.4, -0.2) is 25.3 Å². The van der Waals surface area contributed by atoms with E-state index in [1.807, 2.05) is 30.3 Å². The van der Waals surface area contributed by atoms with Crippen molar-refractivity contribution in [1.82, 2.24) is 0 Å². The van der Waals surface area contributed by atoms with E-state index in [0.717, 1.165) is 43.4 Å². The van der Waals surface area contributed by atoms with Crippen molar-refractivity contribution < 1.29 is 18.7 Å². The molecule has 0 saturated carbocycles. The van der Waals surface area contributed by atoms with E-state index in [2.05, 4.69) is 15.9 Å². The third-order valence-corrected chi connectivity index (χ3v) is 5.17. The summed E-state index contributed by atoms with van der Waals surface area (Å²) in [5, 5.41) is 0. The average molecular weight is 447 g/mol. The predicted molar refractivity (Wildman–Crippen MR) is 112 cm³/mol. The molecule has 0 radical (unpaired) electrons. The maximum absolute atomic E-state index is 14.1. The number of hydrogen-bond donors (Lipinski definition) is 0. The van der Waals surface area contributed by atoms with Crippen molar-refractivity contribution in [3.63, 3.8) is 0 Å². The lowest BCUT2D eigenvalue weighted by Gasteiger charge is -2.22. The maximum Gasteiger partial charge on any atom is 0.189 e. The summed E-state index contributed by atoms with van der Waals surface area (Å²) in [6.07, 6.45) is 6.00. The molecule has 0 spiro atoms. The molecule has 0 N–H and O–H groups in total. The average Bonchev–Trinajstić information content (AvgIpc) is 2.73. The molecule has 5 heteroatoms. The predicted octanol–water partition coefficient (Wildman–Crippen LogP) is 6.18. The Morgan fingerprint density at radius 3 is 2.79 bits per heavy atom. The summed E-state index contributed by atoms with van der Waals surface area (Å²) >= 11 is 3.30. The zero-order valence-corrected chi connectivity index (χ0v) is 17.3. The summed E-state index contributed by atoms with van der Waals surface area (Å²) < 4.78 is 26.1. The number of benzene rings is 2. The molecule has 1 atom stereocenters. The van der Waals surface area contributed by atoms with Crippen LogP contribution >= 0.6 is 15.9 Å². The molecule has 3 nitrogen and oxygen atoms in total. The Bertz CT molecular complexity index is 814. The van der Waals surface area contributed by atoms with Gasteiger partial charge in [-0.1, -0.05) is 46.3 Å². The molecule has 1 heterocycles. The quantitative estimate of drug-likeness (QED) is 0.276. The third kappa shape index (κ3) is 6.09. The van der Waals surface area contributed by atoms with Crippen LogP contribution in [0.2, 0.25) is 0 Å². The monoisotopic (exact) mass is 446 g/mol. The molecular formula is C23H24BrFO3. The molecule has 148 valence electrons. The second-order valence-corrected chi connectivity index (χ2v) is 7.71. The van der Waals surface area contributed by atoms with Gasteiger partial charge in [-0.2, -0.15) is 0 Å². The highest BCUT2D eigenvalue weighted by Crippen LogP contribution is 2.23. The van der Waals surface area contributed by atoms with Crippen molar-refractivity contribution in [2.24, 2.45) is 0 Å². The van der Waals surface area contributed by atoms with E-state index < -0.39 is 5.82 Å². The number of allylic oxidation sites excluding steroid dienone is 2. The zero-order valence-electron chi connectivity index (χ0n) is 15.7. The zero-order chi connectivity index (χ0) is 19.8. The van der Waals surface area contributed by atoms with Gasteiger partial charge in [0.1, 0.15) is 5.82 Å². The lowest BCUT2D eigenvalue weighted by Crippen LogP contribution is -2.22. The SMILES string of the molecule is O=C(/C=C(\CCCOC1CCCCO1)c1ccccc1)c1cc(Br)ccc1F. The molecule has 1 aliphatic heterocycles. The Morgan fingerprint density at radius 1 is 1.21 bits per heavy atom. The van der Waals surface area contributed by atoms with Gasteiger partial charge in [0.25, 0.3) is 0 Å². The van der Waals surface area contributed by atoms with Gasteiger partial charge < -0.3 is 9.47 Å². The first-order chi connectivity index (χ1) is 13.6. The first kappa shape index (κ1) is 20.9. The molecule has 2 aromatic rings. The standard InChI is InChI=1S/C23H24BrFO3/c24-19-11-12-21(25)20(16-19)22(26)15-18(17-7-2-1-3-8-17)9-6-14-28-23-10-4-5-13-27-23/h1-3,7-8,11-12,15-16,23H,4-6,9-10,13-14H2/b18-15+. The maximum atomic E-state index is 14.1. The van der Waals surface area contributed by atoms with Crippen molar-refractivity contribution in [1.29, 1.82) is 0 Å².